The highest BCUT2D eigenvalue weighted by Crippen LogP contribution is 2.28. The molecule has 0 radical (unpaired) electrons. The molecule has 0 spiro atoms. The summed E-state index contributed by atoms with van der Waals surface area (Å²) in [5.74, 6) is -2.21. The molecule has 0 aliphatic carbocycles. The lowest BCUT2D eigenvalue weighted by Gasteiger charge is -2.12. The first-order chi connectivity index (χ1) is 11.0. The van der Waals surface area contributed by atoms with Gasteiger partial charge in [0.25, 0.3) is 10.0 Å². The van der Waals surface area contributed by atoms with Crippen molar-refractivity contribution in [2.45, 2.75) is 9.79 Å². The molecule has 2 aromatic carbocycles. The lowest BCUT2D eigenvalue weighted by atomic mass is 10.3. The van der Waals surface area contributed by atoms with Crippen molar-refractivity contribution in [3.8, 4) is 5.75 Å². The number of methoxy groups -OCH3 is 1. The number of rotatable bonds is 5. The Morgan fingerprint density at radius 2 is 1.67 bits per heavy atom. The predicted molar refractivity (Wildman–Crippen MR) is 81.5 cm³/mol. The van der Waals surface area contributed by atoms with Crippen LogP contribution in [0.4, 0.5) is 14.5 Å². The van der Waals surface area contributed by atoms with Crippen LogP contribution >= 0.6 is 0 Å². The van der Waals surface area contributed by atoms with Gasteiger partial charge in [-0.25, -0.2) is 30.8 Å². The molecule has 0 aliphatic rings. The monoisotopic (exact) mass is 378 g/mol. The minimum atomic E-state index is -4.49. The van der Waals surface area contributed by atoms with E-state index in [2.05, 4.69) is 0 Å². The first-order valence-corrected chi connectivity index (χ1v) is 9.26. The zero-order valence-corrected chi connectivity index (χ0v) is 13.8. The average Bonchev–Trinajstić information content (AvgIpc) is 2.48. The van der Waals surface area contributed by atoms with Gasteiger partial charge in [0.15, 0.2) is 0 Å². The van der Waals surface area contributed by atoms with Crippen LogP contribution in [-0.2, 0) is 20.0 Å². The maximum absolute atomic E-state index is 13.6. The predicted octanol–water partition coefficient (Wildman–Crippen LogP) is 1.42. The van der Waals surface area contributed by atoms with E-state index >= 15 is 0 Å². The number of anilines is 1. The van der Waals surface area contributed by atoms with E-state index in [-0.39, 0.29) is 11.4 Å². The Kier molecular flexibility index (Phi) is 4.78. The van der Waals surface area contributed by atoms with Crippen molar-refractivity contribution >= 4 is 25.7 Å². The van der Waals surface area contributed by atoms with Crippen LogP contribution in [0.15, 0.2) is 46.2 Å². The summed E-state index contributed by atoms with van der Waals surface area (Å²) >= 11 is 0. The van der Waals surface area contributed by atoms with Gasteiger partial charge in [0.2, 0.25) is 10.0 Å². The Morgan fingerprint density at radius 1 is 1.00 bits per heavy atom. The smallest absolute Gasteiger partial charge is 0.264 e. The standard InChI is InChI=1S/C13H12F2N2O5S2/c1-22-11-5-3-9(7-13(11)23(16,18)19)17-24(20,21)12-6-8(14)2-4-10(12)15/h2-7,17H,1H3,(H2,16,18,19). The molecule has 0 bridgehead atoms. The summed E-state index contributed by atoms with van der Waals surface area (Å²) in [4.78, 5) is -1.39. The lowest BCUT2D eigenvalue weighted by molar-refractivity contribution is 0.403. The molecule has 3 N–H and O–H groups in total. The van der Waals surface area contributed by atoms with E-state index in [9.17, 15) is 25.6 Å². The van der Waals surface area contributed by atoms with E-state index < -0.39 is 41.5 Å². The second-order valence-electron chi connectivity index (χ2n) is 4.59. The molecule has 0 saturated carbocycles. The minimum absolute atomic E-state index is 0.0996. The van der Waals surface area contributed by atoms with Crippen LogP contribution in [0.1, 0.15) is 0 Å². The fourth-order valence-corrected chi connectivity index (χ4v) is 3.72. The van der Waals surface area contributed by atoms with Crippen LogP contribution in [0.3, 0.4) is 0 Å². The molecule has 130 valence electrons. The Balaban J connectivity index is 2.49. The number of nitrogens with two attached hydrogens (primary N) is 1. The summed E-state index contributed by atoms with van der Waals surface area (Å²) in [6.45, 7) is 0. The fraction of sp³-hybridized carbons (Fsp3) is 0.0769. The second-order valence-corrected chi connectivity index (χ2v) is 7.77. The molecule has 0 aliphatic heterocycles. The molecule has 0 atom stereocenters. The van der Waals surface area contributed by atoms with Crippen molar-refractivity contribution < 1.29 is 30.4 Å². The van der Waals surface area contributed by atoms with Crippen LogP contribution < -0.4 is 14.6 Å². The number of hydrogen-bond donors (Lipinski definition) is 2. The second kappa shape index (κ2) is 6.34. The molecule has 0 unspecified atom stereocenters. The van der Waals surface area contributed by atoms with E-state index in [4.69, 9.17) is 9.88 Å². The topological polar surface area (TPSA) is 116 Å². The number of ether oxygens (including phenoxy) is 1. The maximum atomic E-state index is 13.6. The first-order valence-electron chi connectivity index (χ1n) is 6.23. The van der Waals surface area contributed by atoms with E-state index in [1.54, 1.807) is 0 Å². The van der Waals surface area contributed by atoms with Crippen molar-refractivity contribution in [1.82, 2.24) is 0 Å². The normalized spacial score (nSPS) is 12.0. The third-order valence-corrected chi connectivity index (χ3v) is 5.23. The molecule has 2 aromatic rings. The summed E-state index contributed by atoms with van der Waals surface area (Å²) in [6.07, 6.45) is 0. The summed E-state index contributed by atoms with van der Waals surface area (Å²) in [6, 6.07) is 5.18. The molecule has 24 heavy (non-hydrogen) atoms. The van der Waals surface area contributed by atoms with Gasteiger partial charge in [0.1, 0.15) is 27.2 Å². The highest BCUT2D eigenvalue weighted by molar-refractivity contribution is 7.92. The van der Waals surface area contributed by atoms with Crippen LogP contribution in [0, 0.1) is 11.6 Å². The van der Waals surface area contributed by atoms with E-state index in [0.717, 1.165) is 12.1 Å². The summed E-state index contributed by atoms with van der Waals surface area (Å²) in [5, 5.41) is 5.03. The van der Waals surface area contributed by atoms with Crippen LogP contribution in [0.25, 0.3) is 0 Å². The SMILES string of the molecule is COc1ccc(NS(=O)(=O)c2cc(F)ccc2F)cc1S(N)(=O)=O. The number of sulfonamides is 2. The maximum Gasteiger partial charge on any atom is 0.264 e. The Morgan fingerprint density at radius 3 is 2.25 bits per heavy atom. The van der Waals surface area contributed by atoms with Gasteiger partial charge in [-0.1, -0.05) is 0 Å². The molecular formula is C13H12F2N2O5S2. The number of halogens is 2. The van der Waals surface area contributed by atoms with Crippen molar-refractivity contribution in [1.29, 1.82) is 0 Å². The molecule has 0 aromatic heterocycles. The van der Waals surface area contributed by atoms with Gasteiger partial charge >= 0.3 is 0 Å². The van der Waals surface area contributed by atoms with Crippen molar-refractivity contribution in [3.63, 3.8) is 0 Å². The zero-order valence-electron chi connectivity index (χ0n) is 12.2. The van der Waals surface area contributed by atoms with Crippen molar-refractivity contribution in [2.75, 3.05) is 11.8 Å². The molecule has 2 rings (SSSR count). The summed E-state index contributed by atoms with van der Waals surface area (Å²) < 4.78 is 80.9. The molecule has 11 heteroatoms. The van der Waals surface area contributed by atoms with Gasteiger partial charge in [0.05, 0.1) is 12.8 Å². The van der Waals surface area contributed by atoms with Crippen LogP contribution in [0.5, 0.6) is 5.75 Å². The van der Waals surface area contributed by atoms with E-state index in [1.807, 2.05) is 4.72 Å². The highest BCUT2D eigenvalue weighted by Gasteiger charge is 2.22. The fourth-order valence-electron chi connectivity index (χ4n) is 1.86. The zero-order chi connectivity index (χ0) is 18.1. The average molecular weight is 378 g/mol. The van der Waals surface area contributed by atoms with E-state index in [1.165, 1.54) is 19.2 Å². The van der Waals surface area contributed by atoms with Gasteiger partial charge in [-0.15, -0.1) is 0 Å². The number of nitrogens with one attached hydrogen (secondary N) is 1. The highest BCUT2D eigenvalue weighted by atomic mass is 32.2. The van der Waals surface area contributed by atoms with Gasteiger partial charge in [-0.05, 0) is 36.4 Å². The third-order valence-electron chi connectivity index (χ3n) is 2.91. The van der Waals surface area contributed by atoms with Crippen LogP contribution in [0.2, 0.25) is 0 Å². The first kappa shape index (κ1) is 18.1. The quantitative estimate of drug-likeness (QED) is 0.816. The summed E-state index contributed by atoms with van der Waals surface area (Å²) in [7, 11) is -7.48. The van der Waals surface area contributed by atoms with Crippen molar-refractivity contribution in [3.05, 3.63) is 48.0 Å². The largest absolute Gasteiger partial charge is 0.495 e. The summed E-state index contributed by atoms with van der Waals surface area (Å²) in [5.41, 5.74) is -0.219. The lowest BCUT2D eigenvalue weighted by Crippen LogP contribution is -2.17. The molecule has 0 saturated heterocycles. The number of hydrogen-bond acceptors (Lipinski definition) is 5. The Bertz CT molecular complexity index is 991. The van der Waals surface area contributed by atoms with Gasteiger partial charge in [-0.2, -0.15) is 0 Å². The molecule has 7 nitrogen and oxygen atoms in total. The molecular weight excluding hydrogens is 366 g/mol. The molecule has 0 fully saturated rings. The number of primary sulfonamides is 1. The molecule has 0 heterocycles. The number of benzene rings is 2. The minimum Gasteiger partial charge on any atom is -0.495 e. The Labute approximate surface area is 137 Å². The third kappa shape index (κ3) is 3.80. The van der Waals surface area contributed by atoms with Gasteiger partial charge in [-0.3, -0.25) is 4.72 Å². The Hall–Kier alpha value is -2.24. The van der Waals surface area contributed by atoms with Gasteiger partial charge in [0, 0.05) is 0 Å². The van der Waals surface area contributed by atoms with Crippen molar-refractivity contribution in [2.24, 2.45) is 5.14 Å². The van der Waals surface area contributed by atoms with E-state index in [0.29, 0.717) is 12.1 Å². The molecule has 0 amide bonds. The van der Waals surface area contributed by atoms with Gasteiger partial charge < -0.3 is 4.74 Å². The van der Waals surface area contributed by atoms with Crippen LogP contribution in [-0.4, -0.2) is 23.9 Å².